The summed E-state index contributed by atoms with van der Waals surface area (Å²) in [6.45, 7) is 4.88. The van der Waals surface area contributed by atoms with Crippen molar-refractivity contribution < 1.29 is 14.4 Å². The summed E-state index contributed by atoms with van der Waals surface area (Å²) in [6.07, 6.45) is 2.16. The van der Waals surface area contributed by atoms with E-state index in [0.717, 1.165) is 24.9 Å². The Morgan fingerprint density at radius 3 is 2.60 bits per heavy atom. The molecule has 2 aliphatic rings. The molecule has 0 saturated carbocycles. The summed E-state index contributed by atoms with van der Waals surface area (Å²) >= 11 is 0. The van der Waals surface area contributed by atoms with Crippen molar-refractivity contribution in [2.75, 3.05) is 23.3 Å². The molecule has 0 radical (unpaired) electrons. The fourth-order valence-corrected chi connectivity index (χ4v) is 4.33. The molecule has 2 aliphatic heterocycles. The molecule has 30 heavy (non-hydrogen) atoms. The van der Waals surface area contributed by atoms with Crippen molar-refractivity contribution in [2.24, 2.45) is 0 Å². The van der Waals surface area contributed by atoms with Gasteiger partial charge in [0.25, 0.3) is 0 Å². The first-order chi connectivity index (χ1) is 14.4. The summed E-state index contributed by atoms with van der Waals surface area (Å²) < 4.78 is 0. The van der Waals surface area contributed by atoms with E-state index in [-0.39, 0.29) is 43.1 Å². The van der Waals surface area contributed by atoms with Gasteiger partial charge in [-0.3, -0.25) is 14.4 Å². The Hall–Kier alpha value is -3.15. The zero-order valence-corrected chi connectivity index (χ0v) is 17.5. The van der Waals surface area contributed by atoms with Crippen molar-refractivity contribution in [3.8, 4) is 0 Å². The topological polar surface area (TPSA) is 69.7 Å². The molecule has 2 aromatic carbocycles. The maximum atomic E-state index is 13.0. The Morgan fingerprint density at radius 2 is 1.80 bits per heavy atom. The van der Waals surface area contributed by atoms with Crippen LogP contribution >= 0.6 is 0 Å². The van der Waals surface area contributed by atoms with E-state index >= 15 is 0 Å². The lowest BCUT2D eigenvalue weighted by Crippen LogP contribution is -2.42. The predicted molar refractivity (Wildman–Crippen MR) is 116 cm³/mol. The number of carbonyl (C=O) groups excluding carboxylic acids is 3. The first-order valence-electron chi connectivity index (χ1n) is 10.5. The number of anilines is 2. The highest BCUT2D eigenvalue weighted by Gasteiger charge is 2.31. The van der Waals surface area contributed by atoms with Gasteiger partial charge in [0.05, 0.1) is 17.4 Å². The van der Waals surface area contributed by atoms with Gasteiger partial charge < -0.3 is 15.1 Å². The first kappa shape index (κ1) is 20.1. The van der Waals surface area contributed by atoms with Crippen molar-refractivity contribution in [1.82, 2.24) is 4.90 Å². The second-order valence-electron chi connectivity index (χ2n) is 8.13. The number of para-hydroxylation sites is 2. The number of aryl methyl sites for hydroxylation is 2. The third kappa shape index (κ3) is 3.95. The van der Waals surface area contributed by atoms with Gasteiger partial charge in [-0.05, 0) is 55.5 Å². The van der Waals surface area contributed by atoms with Gasteiger partial charge in [-0.2, -0.15) is 0 Å². The zero-order valence-electron chi connectivity index (χ0n) is 17.5. The van der Waals surface area contributed by atoms with Crippen LogP contribution in [0.15, 0.2) is 42.5 Å². The summed E-state index contributed by atoms with van der Waals surface area (Å²) in [6, 6.07) is 13.7. The van der Waals surface area contributed by atoms with Gasteiger partial charge in [-0.25, -0.2) is 0 Å². The monoisotopic (exact) mass is 405 g/mol. The van der Waals surface area contributed by atoms with Gasteiger partial charge in [-0.1, -0.05) is 30.3 Å². The molecule has 1 unspecified atom stereocenters. The molecule has 3 amide bonds. The predicted octanol–water partition coefficient (Wildman–Crippen LogP) is 3.73. The summed E-state index contributed by atoms with van der Waals surface area (Å²) in [5, 5.41) is 2.78. The number of likely N-dealkylation sites (tertiary alicyclic amines) is 1. The fraction of sp³-hybridized carbons (Fsp3) is 0.375. The molecule has 4 rings (SSSR count). The molecular formula is C24H27N3O3. The lowest BCUT2D eigenvalue weighted by molar-refractivity contribution is -0.134. The molecule has 6 nitrogen and oxygen atoms in total. The minimum atomic E-state index is -0.220. The molecule has 0 aliphatic carbocycles. The average molecular weight is 405 g/mol. The van der Waals surface area contributed by atoms with Crippen LogP contribution in [0.2, 0.25) is 0 Å². The minimum Gasteiger partial charge on any atom is -0.336 e. The van der Waals surface area contributed by atoms with E-state index in [4.69, 9.17) is 0 Å². The summed E-state index contributed by atoms with van der Waals surface area (Å²) in [5.74, 6) is -0.422. The van der Waals surface area contributed by atoms with Crippen LogP contribution < -0.4 is 10.2 Å². The molecule has 1 atom stereocenters. The van der Waals surface area contributed by atoms with Crippen molar-refractivity contribution in [3.63, 3.8) is 0 Å². The van der Waals surface area contributed by atoms with Gasteiger partial charge in [-0.15, -0.1) is 0 Å². The SMILES string of the molecule is Cc1ccc(C2CCCN2C(=O)CCC(=O)N2CC(=O)Nc3ccccc32)cc1C. The number of hydrogen-bond donors (Lipinski definition) is 1. The molecule has 0 aromatic heterocycles. The third-order valence-electron chi connectivity index (χ3n) is 6.11. The Balaban J connectivity index is 1.42. The van der Waals surface area contributed by atoms with Gasteiger partial charge in [0.1, 0.15) is 6.54 Å². The van der Waals surface area contributed by atoms with Crippen LogP contribution in [-0.4, -0.2) is 35.7 Å². The highest BCUT2D eigenvalue weighted by Crippen LogP contribution is 2.34. The van der Waals surface area contributed by atoms with Crippen molar-refractivity contribution >= 4 is 29.1 Å². The molecule has 6 heteroatoms. The maximum absolute atomic E-state index is 13.0. The molecule has 2 aromatic rings. The Labute approximate surface area is 176 Å². The maximum Gasteiger partial charge on any atom is 0.244 e. The van der Waals surface area contributed by atoms with Crippen LogP contribution in [0.25, 0.3) is 0 Å². The molecular weight excluding hydrogens is 378 g/mol. The lowest BCUT2D eigenvalue weighted by Gasteiger charge is -2.30. The normalized spacial score (nSPS) is 18.2. The van der Waals surface area contributed by atoms with Gasteiger partial charge in [0, 0.05) is 19.4 Å². The summed E-state index contributed by atoms with van der Waals surface area (Å²) in [7, 11) is 0. The van der Waals surface area contributed by atoms with Crippen LogP contribution in [-0.2, 0) is 14.4 Å². The van der Waals surface area contributed by atoms with E-state index in [1.54, 1.807) is 6.07 Å². The number of carbonyl (C=O) groups is 3. The highest BCUT2D eigenvalue weighted by molar-refractivity contribution is 6.10. The number of amides is 3. The van der Waals surface area contributed by atoms with E-state index in [9.17, 15) is 14.4 Å². The number of nitrogens with zero attached hydrogens (tertiary/aromatic N) is 2. The molecule has 0 spiro atoms. The molecule has 0 bridgehead atoms. The zero-order chi connectivity index (χ0) is 21.3. The highest BCUT2D eigenvalue weighted by atomic mass is 16.2. The van der Waals surface area contributed by atoms with Gasteiger partial charge in [0.15, 0.2) is 0 Å². The lowest BCUT2D eigenvalue weighted by atomic mass is 9.99. The van der Waals surface area contributed by atoms with Crippen molar-refractivity contribution in [3.05, 3.63) is 59.2 Å². The Morgan fingerprint density at radius 1 is 1.03 bits per heavy atom. The number of fused-ring (bicyclic) bond motifs is 1. The quantitative estimate of drug-likeness (QED) is 0.843. The Kier molecular flexibility index (Phi) is 5.57. The van der Waals surface area contributed by atoms with E-state index in [0.29, 0.717) is 11.4 Å². The second kappa shape index (κ2) is 8.30. The number of hydrogen-bond acceptors (Lipinski definition) is 3. The van der Waals surface area contributed by atoms with Crippen molar-refractivity contribution in [1.29, 1.82) is 0 Å². The second-order valence-corrected chi connectivity index (χ2v) is 8.13. The smallest absolute Gasteiger partial charge is 0.244 e. The van der Waals surface area contributed by atoms with Crippen LogP contribution in [0.5, 0.6) is 0 Å². The number of nitrogens with one attached hydrogen (secondary N) is 1. The Bertz CT molecular complexity index is 1000. The average Bonchev–Trinajstić information content (AvgIpc) is 3.23. The van der Waals surface area contributed by atoms with Crippen molar-refractivity contribution in [2.45, 2.75) is 45.6 Å². The molecule has 1 N–H and O–H groups in total. The van der Waals surface area contributed by atoms with Gasteiger partial charge in [0.2, 0.25) is 17.7 Å². The number of benzene rings is 2. The number of rotatable bonds is 4. The van der Waals surface area contributed by atoms with E-state index in [2.05, 4.69) is 37.4 Å². The molecule has 156 valence electrons. The minimum absolute atomic E-state index is 0.00109. The first-order valence-corrected chi connectivity index (χ1v) is 10.5. The van der Waals surface area contributed by atoms with Gasteiger partial charge >= 0.3 is 0 Å². The van der Waals surface area contributed by atoms with E-state index in [1.807, 2.05) is 23.1 Å². The molecule has 1 fully saturated rings. The molecule has 2 heterocycles. The standard InChI is InChI=1S/C24H27N3O3/c1-16-9-10-18(14-17(16)2)20-8-5-13-26(20)23(29)11-12-24(30)27-15-22(28)25-19-6-3-4-7-21(19)27/h3-4,6-7,9-10,14,20H,5,8,11-13,15H2,1-2H3,(H,25,28). The summed E-state index contributed by atoms with van der Waals surface area (Å²) in [5.41, 5.74) is 4.94. The van der Waals surface area contributed by atoms with Crippen LogP contribution in [0.4, 0.5) is 11.4 Å². The van der Waals surface area contributed by atoms with E-state index < -0.39 is 0 Å². The van der Waals surface area contributed by atoms with E-state index in [1.165, 1.54) is 16.0 Å². The van der Waals surface area contributed by atoms with Crippen LogP contribution in [0, 0.1) is 13.8 Å². The van der Waals surface area contributed by atoms with Crippen LogP contribution in [0.3, 0.4) is 0 Å². The summed E-state index contributed by atoms with van der Waals surface area (Å²) in [4.78, 5) is 41.1. The molecule has 1 saturated heterocycles. The largest absolute Gasteiger partial charge is 0.336 e. The fourth-order valence-electron chi connectivity index (χ4n) is 4.33. The third-order valence-corrected chi connectivity index (χ3v) is 6.11. The van der Waals surface area contributed by atoms with Crippen LogP contribution in [0.1, 0.15) is 48.4 Å².